The molecule has 0 heterocycles. The van der Waals surface area contributed by atoms with Gasteiger partial charge in [0.2, 0.25) is 0 Å². The van der Waals surface area contributed by atoms with Crippen LogP contribution in [0.15, 0.2) is 48.5 Å². The second-order valence-corrected chi connectivity index (χ2v) is 8.48. The summed E-state index contributed by atoms with van der Waals surface area (Å²) in [6.45, 7) is 7.08. The molecule has 136 valence electrons. The van der Waals surface area contributed by atoms with Crippen LogP contribution in [0.5, 0.6) is 0 Å². The van der Waals surface area contributed by atoms with Gasteiger partial charge in [0, 0.05) is 16.8 Å². The summed E-state index contributed by atoms with van der Waals surface area (Å²) >= 11 is 0. The summed E-state index contributed by atoms with van der Waals surface area (Å²) in [5.74, 6) is 2.81. The Morgan fingerprint density at radius 2 is 1.31 bits per heavy atom. The first-order valence-corrected chi connectivity index (χ1v) is 10.2. The Labute approximate surface area is 154 Å². The molecule has 1 aliphatic carbocycles. The summed E-state index contributed by atoms with van der Waals surface area (Å²) in [5, 5.41) is 11.4. The molecule has 0 spiro atoms. The van der Waals surface area contributed by atoms with E-state index in [-0.39, 0.29) is 12.2 Å². The first-order valence-electron chi connectivity index (χ1n) is 8.68. The fourth-order valence-electron chi connectivity index (χ4n) is 3.13. The van der Waals surface area contributed by atoms with Crippen molar-refractivity contribution in [1.82, 2.24) is 0 Å². The van der Waals surface area contributed by atoms with E-state index in [1.807, 2.05) is 48.5 Å². The maximum Gasteiger partial charge on any atom is 0.406 e. The van der Waals surface area contributed by atoms with Crippen molar-refractivity contribution < 1.29 is 18.7 Å². The fourth-order valence-corrected chi connectivity index (χ4v) is 4.69. The Kier molecular flexibility index (Phi) is 5.10. The van der Waals surface area contributed by atoms with Gasteiger partial charge in [-0.1, -0.05) is 48.5 Å². The molecule has 2 aromatic carbocycles. The second-order valence-electron chi connectivity index (χ2n) is 6.84. The van der Waals surface area contributed by atoms with Crippen LogP contribution in [0.3, 0.4) is 0 Å². The lowest BCUT2D eigenvalue weighted by Crippen LogP contribution is -2.22. The van der Waals surface area contributed by atoms with Crippen LogP contribution >= 0.6 is 7.60 Å². The second kappa shape index (κ2) is 7.02. The van der Waals surface area contributed by atoms with Crippen LogP contribution in [0.1, 0.15) is 38.8 Å². The molecule has 0 aliphatic heterocycles. The standard InChI is InChI=1S/C21H23O4P/c1-15(2)24-26(23,25-16(3)4)14-13-21(22)19-11-7-5-9-17(19)18-10-6-8-12-20(18)21/h5-12,15-16,22H,1-4H3. The van der Waals surface area contributed by atoms with Gasteiger partial charge in [-0.25, -0.2) is 4.57 Å². The van der Waals surface area contributed by atoms with E-state index in [9.17, 15) is 9.67 Å². The molecule has 0 saturated heterocycles. The molecule has 0 bridgehead atoms. The van der Waals surface area contributed by atoms with Crippen molar-refractivity contribution in [3.8, 4) is 22.7 Å². The summed E-state index contributed by atoms with van der Waals surface area (Å²) in [7, 11) is -3.67. The molecule has 5 heteroatoms. The highest BCUT2D eigenvalue weighted by molar-refractivity contribution is 7.59. The maximum atomic E-state index is 13.0. The normalized spacial score (nSPS) is 14.7. The first-order chi connectivity index (χ1) is 12.3. The van der Waals surface area contributed by atoms with Gasteiger partial charge in [0.15, 0.2) is 5.60 Å². The van der Waals surface area contributed by atoms with Crippen molar-refractivity contribution in [2.75, 3.05) is 0 Å². The van der Waals surface area contributed by atoms with Crippen molar-refractivity contribution in [1.29, 1.82) is 0 Å². The summed E-state index contributed by atoms with van der Waals surface area (Å²) in [4.78, 5) is 0. The van der Waals surface area contributed by atoms with Gasteiger partial charge in [-0.05, 0) is 44.7 Å². The first kappa shape index (κ1) is 18.9. The lowest BCUT2D eigenvalue weighted by Gasteiger charge is -2.21. The minimum Gasteiger partial charge on any atom is -0.369 e. The van der Waals surface area contributed by atoms with E-state index in [4.69, 9.17) is 9.05 Å². The van der Waals surface area contributed by atoms with E-state index in [1.165, 1.54) is 0 Å². The Morgan fingerprint density at radius 1 is 0.885 bits per heavy atom. The molecule has 4 nitrogen and oxygen atoms in total. The lowest BCUT2D eigenvalue weighted by atomic mass is 9.93. The van der Waals surface area contributed by atoms with Crippen molar-refractivity contribution >= 4 is 7.60 Å². The largest absolute Gasteiger partial charge is 0.406 e. The molecular weight excluding hydrogens is 347 g/mol. The minimum atomic E-state index is -3.67. The monoisotopic (exact) mass is 370 g/mol. The van der Waals surface area contributed by atoms with E-state index in [0.29, 0.717) is 11.1 Å². The molecule has 0 saturated carbocycles. The molecular formula is C21H23O4P. The minimum absolute atomic E-state index is 0.313. The lowest BCUT2D eigenvalue weighted by molar-refractivity contribution is 0.145. The van der Waals surface area contributed by atoms with E-state index in [1.54, 1.807) is 27.7 Å². The molecule has 0 atom stereocenters. The summed E-state index contributed by atoms with van der Waals surface area (Å²) in [5.41, 5.74) is 4.27. The molecule has 1 N–H and O–H groups in total. The third kappa shape index (κ3) is 3.49. The topological polar surface area (TPSA) is 55.8 Å². The molecule has 0 aromatic heterocycles. The predicted octanol–water partition coefficient (Wildman–Crippen LogP) is 4.91. The van der Waals surface area contributed by atoms with Gasteiger partial charge in [0.05, 0.1) is 12.2 Å². The number of hydrogen-bond donors (Lipinski definition) is 1. The van der Waals surface area contributed by atoms with E-state index < -0.39 is 13.2 Å². The van der Waals surface area contributed by atoms with Crippen LogP contribution in [0.4, 0.5) is 0 Å². The molecule has 0 fully saturated rings. The summed E-state index contributed by atoms with van der Waals surface area (Å²) in [6.07, 6.45) is -0.627. The maximum absolute atomic E-state index is 13.0. The molecule has 26 heavy (non-hydrogen) atoms. The molecule has 1 aliphatic rings. The zero-order valence-electron chi connectivity index (χ0n) is 15.4. The quantitative estimate of drug-likeness (QED) is 0.614. The SMILES string of the molecule is CC(C)OP(=O)(C#CC1(O)c2ccccc2-c2ccccc21)OC(C)C. The Hall–Kier alpha value is -1.89. The highest BCUT2D eigenvalue weighted by atomic mass is 31.2. The van der Waals surface area contributed by atoms with Crippen LogP contribution in [0, 0.1) is 11.6 Å². The smallest absolute Gasteiger partial charge is 0.369 e. The summed E-state index contributed by atoms with van der Waals surface area (Å²) < 4.78 is 24.0. The number of aliphatic hydroxyl groups is 1. The Bertz CT molecular complexity index is 861. The van der Waals surface area contributed by atoms with Gasteiger partial charge in [0.25, 0.3) is 0 Å². The van der Waals surface area contributed by atoms with Crippen molar-refractivity contribution in [3.63, 3.8) is 0 Å². The van der Waals surface area contributed by atoms with Gasteiger partial charge in [-0.3, -0.25) is 9.05 Å². The van der Waals surface area contributed by atoms with Crippen LogP contribution in [-0.4, -0.2) is 17.3 Å². The van der Waals surface area contributed by atoms with Gasteiger partial charge in [-0.15, -0.1) is 0 Å². The highest BCUT2D eigenvalue weighted by Gasteiger charge is 2.40. The van der Waals surface area contributed by atoms with Crippen LogP contribution in [0.2, 0.25) is 0 Å². The average Bonchev–Trinajstić information content (AvgIpc) is 2.83. The van der Waals surface area contributed by atoms with E-state index in [0.717, 1.165) is 11.1 Å². The zero-order valence-corrected chi connectivity index (χ0v) is 16.3. The number of fused-ring (bicyclic) bond motifs is 3. The Balaban J connectivity index is 2.12. The number of benzene rings is 2. The fraction of sp³-hybridized carbons (Fsp3) is 0.333. The molecule has 3 rings (SSSR count). The van der Waals surface area contributed by atoms with E-state index >= 15 is 0 Å². The molecule has 0 amide bonds. The third-order valence-electron chi connectivity index (χ3n) is 4.00. The van der Waals surface area contributed by atoms with Crippen LogP contribution in [-0.2, 0) is 19.2 Å². The number of hydrogen-bond acceptors (Lipinski definition) is 4. The van der Waals surface area contributed by atoms with Crippen LogP contribution in [0.25, 0.3) is 11.1 Å². The van der Waals surface area contributed by atoms with Gasteiger partial charge in [-0.2, -0.15) is 0 Å². The van der Waals surface area contributed by atoms with E-state index in [2.05, 4.69) is 11.6 Å². The molecule has 0 radical (unpaired) electrons. The van der Waals surface area contributed by atoms with Crippen LogP contribution < -0.4 is 0 Å². The molecule has 2 aromatic rings. The average molecular weight is 370 g/mol. The highest BCUT2D eigenvalue weighted by Crippen LogP contribution is 2.51. The van der Waals surface area contributed by atoms with Gasteiger partial charge in [0.1, 0.15) is 0 Å². The third-order valence-corrected chi connectivity index (χ3v) is 5.78. The Morgan fingerprint density at radius 3 is 1.73 bits per heavy atom. The van der Waals surface area contributed by atoms with Crippen molar-refractivity contribution in [2.24, 2.45) is 0 Å². The zero-order chi connectivity index (χ0) is 18.9. The van der Waals surface area contributed by atoms with Crippen molar-refractivity contribution in [3.05, 3.63) is 59.7 Å². The number of rotatable bonds is 4. The van der Waals surface area contributed by atoms with Gasteiger partial charge >= 0.3 is 7.60 Å². The molecule has 0 unspecified atom stereocenters. The predicted molar refractivity (Wildman–Crippen MR) is 103 cm³/mol. The van der Waals surface area contributed by atoms with Gasteiger partial charge < -0.3 is 5.11 Å². The van der Waals surface area contributed by atoms with Crippen molar-refractivity contribution in [2.45, 2.75) is 45.5 Å². The summed E-state index contributed by atoms with van der Waals surface area (Å²) in [6, 6.07) is 15.1.